The number of nitrogens with zero attached hydrogens (tertiary/aromatic N) is 3. The van der Waals surface area contributed by atoms with Crippen LogP contribution in [0.3, 0.4) is 0 Å². The minimum Gasteiger partial charge on any atom is -0.383 e. The lowest BCUT2D eigenvalue weighted by Crippen LogP contribution is -2.19. The average Bonchev–Trinajstić information content (AvgIpc) is 2.69. The van der Waals surface area contributed by atoms with Gasteiger partial charge >= 0.3 is 0 Å². The van der Waals surface area contributed by atoms with Crippen molar-refractivity contribution in [3.8, 4) is 0 Å². The first-order chi connectivity index (χ1) is 7.36. The summed E-state index contributed by atoms with van der Waals surface area (Å²) in [5.74, 6) is 0.794. The van der Waals surface area contributed by atoms with E-state index >= 15 is 0 Å². The van der Waals surface area contributed by atoms with Gasteiger partial charge in [-0.2, -0.15) is 5.10 Å². The van der Waals surface area contributed by atoms with Crippen molar-refractivity contribution in [1.29, 1.82) is 0 Å². The van der Waals surface area contributed by atoms with Crippen molar-refractivity contribution in [1.82, 2.24) is 20.1 Å². The Morgan fingerprint density at radius 3 is 2.87 bits per heavy atom. The molecule has 0 saturated heterocycles. The van der Waals surface area contributed by atoms with Gasteiger partial charge in [-0.1, -0.05) is 0 Å². The van der Waals surface area contributed by atoms with E-state index in [2.05, 4.69) is 15.4 Å². The first-order valence-electron chi connectivity index (χ1n) is 4.93. The van der Waals surface area contributed by atoms with Crippen molar-refractivity contribution < 1.29 is 9.47 Å². The topological polar surface area (TPSA) is 61.2 Å². The van der Waals surface area contributed by atoms with E-state index < -0.39 is 0 Å². The zero-order valence-electron chi connectivity index (χ0n) is 9.27. The Morgan fingerprint density at radius 1 is 1.33 bits per heavy atom. The Balaban J connectivity index is 2.20. The second-order valence-corrected chi connectivity index (χ2v) is 3.09. The third kappa shape index (κ3) is 4.87. The van der Waals surface area contributed by atoms with Crippen molar-refractivity contribution in [3.05, 3.63) is 12.2 Å². The molecular weight excluding hydrogens is 196 g/mol. The molecule has 0 spiro atoms. The van der Waals surface area contributed by atoms with Crippen molar-refractivity contribution in [2.75, 3.05) is 34.0 Å². The maximum Gasteiger partial charge on any atom is 0.164 e. The molecule has 15 heavy (non-hydrogen) atoms. The zero-order chi connectivity index (χ0) is 10.9. The van der Waals surface area contributed by atoms with Gasteiger partial charge in [-0.15, -0.1) is 0 Å². The molecule has 0 unspecified atom stereocenters. The first-order valence-corrected chi connectivity index (χ1v) is 4.93. The molecule has 0 fully saturated rings. The van der Waals surface area contributed by atoms with E-state index in [4.69, 9.17) is 9.47 Å². The van der Waals surface area contributed by atoms with E-state index in [1.807, 2.05) is 0 Å². The van der Waals surface area contributed by atoms with Crippen LogP contribution < -0.4 is 5.32 Å². The lowest BCUT2D eigenvalue weighted by Gasteiger charge is -2.00. The van der Waals surface area contributed by atoms with E-state index in [1.54, 1.807) is 25.2 Å². The molecule has 0 aliphatic heterocycles. The molecule has 0 saturated carbocycles. The van der Waals surface area contributed by atoms with Gasteiger partial charge < -0.3 is 14.8 Å². The summed E-state index contributed by atoms with van der Waals surface area (Å²) in [5.41, 5.74) is 0. The molecule has 86 valence electrons. The number of aromatic nitrogens is 3. The minimum atomic E-state index is 0.653. The van der Waals surface area contributed by atoms with Crippen LogP contribution in [-0.2, 0) is 22.6 Å². The zero-order valence-corrected chi connectivity index (χ0v) is 9.27. The molecule has 0 aromatic carbocycles. The van der Waals surface area contributed by atoms with Gasteiger partial charge in [0.2, 0.25) is 0 Å². The Bertz CT molecular complexity index is 264. The Kier molecular flexibility index (Phi) is 5.91. The summed E-state index contributed by atoms with van der Waals surface area (Å²) in [5, 5.41) is 7.45. The van der Waals surface area contributed by atoms with Crippen LogP contribution in [-0.4, -0.2) is 48.7 Å². The summed E-state index contributed by atoms with van der Waals surface area (Å²) in [6.07, 6.45) is 1.71. The third-order valence-corrected chi connectivity index (χ3v) is 1.87. The standard InChI is InChI=1S/C9H18N4O2/c1-14-5-3-10-7-9-11-8-13(12-9)4-6-15-2/h8,10H,3-7H2,1-2H3. The number of hydrogen-bond acceptors (Lipinski definition) is 5. The molecule has 0 aliphatic rings. The molecular formula is C9H18N4O2. The van der Waals surface area contributed by atoms with Crippen LogP contribution in [0.25, 0.3) is 0 Å². The summed E-state index contributed by atoms with van der Waals surface area (Å²) in [6, 6.07) is 0. The summed E-state index contributed by atoms with van der Waals surface area (Å²) in [6.45, 7) is 3.57. The molecule has 0 amide bonds. The quantitative estimate of drug-likeness (QED) is 0.600. The minimum absolute atomic E-state index is 0.653. The molecule has 1 rings (SSSR count). The monoisotopic (exact) mass is 214 g/mol. The van der Waals surface area contributed by atoms with E-state index in [9.17, 15) is 0 Å². The lowest BCUT2D eigenvalue weighted by molar-refractivity contribution is 0.183. The van der Waals surface area contributed by atoms with E-state index in [-0.39, 0.29) is 0 Å². The van der Waals surface area contributed by atoms with Crippen LogP contribution in [0.5, 0.6) is 0 Å². The smallest absolute Gasteiger partial charge is 0.164 e. The fourth-order valence-corrected chi connectivity index (χ4v) is 1.08. The summed E-state index contributed by atoms with van der Waals surface area (Å²) in [7, 11) is 3.35. The predicted octanol–water partition coefficient (Wildman–Crippen LogP) is -0.339. The highest BCUT2D eigenvalue weighted by Gasteiger charge is 1.99. The molecule has 1 aromatic heterocycles. The summed E-state index contributed by atoms with van der Waals surface area (Å²) in [4.78, 5) is 4.16. The number of rotatable bonds is 8. The van der Waals surface area contributed by atoms with Crippen LogP contribution in [0.2, 0.25) is 0 Å². The van der Waals surface area contributed by atoms with Crippen LogP contribution in [0.15, 0.2) is 6.33 Å². The normalized spacial score (nSPS) is 10.8. The summed E-state index contributed by atoms with van der Waals surface area (Å²) < 4.78 is 11.6. The highest BCUT2D eigenvalue weighted by Crippen LogP contribution is 1.89. The van der Waals surface area contributed by atoms with Crippen molar-refractivity contribution in [2.45, 2.75) is 13.1 Å². The highest BCUT2D eigenvalue weighted by atomic mass is 16.5. The fourth-order valence-electron chi connectivity index (χ4n) is 1.08. The maximum absolute atomic E-state index is 4.95. The Hall–Kier alpha value is -0.980. The van der Waals surface area contributed by atoms with E-state index in [0.717, 1.165) is 18.9 Å². The van der Waals surface area contributed by atoms with Gasteiger partial charge in [-0.3, -0.25) is 4.68 Å². The van der Waals surface area contributed by atoms with Gasteiger partial charge in [0.05, 0.1) is 26.3 Å². The molecule has 0 atom stereocenters. The number of hydrogen-bond donors (Lipinski definition) is 1. The maximum atomic E-state index is 4.95. The van der Waals surface area contributed by atoms with Gasteiger partial charge in [0.25, 0.3) is 0 Å². The van der Waals surface area contributed by atoms with Crippen LogP contribution in [0, 0.1) is 0 Å². The Labute approximate surface area is 89.6 Å². The molecule has 0 aliphatic carbocycles. The molecule has 1 heterocycles. The summed E-state index contributed by atoms with van der Waals surface area (Å²) >= 11 is 0. The van der Waals surface area contributed by atoms with Crippen LogP contribution in [0.4, 0.5) is 0 Å². The van der Waals surface area contributed by atoms with Crippen molar-refractivity contribution >= 4 is 0 Å². The van der Waals surface area contributed by atoms with Crippen molar-refractivity contribution in [3.63, 3.8) is 0 Å². The molecule has 0 radical (unpaired) electrons. The predicted molar refractivity (Wildman–Crippen MR) is 55.5 cm³/mol. The number of ether oxygens (including phenoxy) is 2. The number of methoxy groups -OCH3 is 2. The average molecular weight is 214 g/mol. The van der Waals surface area contributed by atoms with Crippen LogP contribution >= 0.6 is 0 Å². The van der Waals surface area contributed by atoms with Gasteiger partial charge in [0.15, 0.2) is 5.82 Å². The van der Waals surface area contributed by atoms with Gasteiger partial charge in [-0.25, -0.2) is 4.98 Å². The molecule has 6 heteroatoms. The first kappa shape index (κ1) is 12.1. The largest absolute Gasteiger partial charge is 0.383 e. The van der Waals surface area contributed by atoms with Crippen LogP contribution in [0.1, 0.15) is 5.82 Å². The second kappa shape index (κ2) is 7.33. The van der Waals surface area contributed by atoms with Gasteiger partial charge in [0.1, 0.15) is 6.33 Å². The van der Waals surface area contributed by atoms with Gasteiger partial charge in [-0.05, 0) is 0 Å². The van der Waals surface area contributed by atoms with E-state index in [0.29, 0.717) is 19.8 Å². The molecule has 6 nitrogen and oxygen atoms in total. The lowest BCUT2D eigenvalue weighted by atomic mass is 10.5. The van der Waals surface area contributed by atoms with E-state index in [1.165, 1.54) is 0 Å². The molecule has 1 aromatic rings. The highest BCUT2D eigenvalue weighted by molar-refractivity contribution is 4.80. The van der Waals surface area contributed by atoms with Gasteiger partial charge in [0, 0.05) is 20.8 Å². The molecule has 0 bridgehead atoms. The van der Waals surface area contributed by atoms with Crippen molar-refractivity contribution in [2.24, 2.45) is 0 Å². The fraction of sp³-hybridized carbons (Fsp3) is 0.778. The Morgan fingerprint density at radius 2 is 2.13 bits per heavy atom. The second-order valence-electron chi connectivity index (χ2n) is 3.09. The SMILES string of the molecule is COCCNCc1ncn(CCOC)n1. The third-order valence-electron chi connectivity index (χ3n) is 1.87. The molecule has 1 N–H and O–H groups in total. The number of nitrogens with one attached hydrogen (secondary N) is 1.